The molecule has 2 amide bonds. The van der Waals surface area contributed by atoms with Crippen molar-refractivity contribution in [3.05, 3.63) is 66.4 Å². The number of esters is 1. The van der Waals surface area contributed by atoms with Gasteiger partial charge in [-0.1, -0.05) is 33.5 Å². The Morgan fingerprint density at radius 1 is 1.18 bits per heavy atom. The summed E-state index contributed by atoms with van der Waals surface area (Å²) in [4.78, 5) is 41.9. The lowest BCUT2D eigenvalue weighted by Gasteiger charge is -2.14. The monoisotopic (exact) mass is 671 g/mol. The quantitative estimate of drug-likeness (QED) is 0.285. The van der Waals surface area contributed by atoms with Gasteiger partial charge in [0.25, 0.3) is 11.8 Å². The first-order valence-electron chi connectivity index (χ1n) is 9.25. The molecular formula is C21H13Br3ClN5O4. The van der Waals surface area contributed by atoms with Crippen LogP contribution in [0.15, 0.2) is 50.1 Å². The number of ether oxygens (including phenoxy) is 1. The second-order valence-corrected chi connectivity index (χ2v) is 9.37. The minimum absolute atomic E-state index is 0.0837. The fourth-order valence-electron chi connectivity index (χ4n) is 2.69. The van der Waals surface area contributed by atoms with Crippen LogP contribution in [-0.2, 0) is 9.53 Å². The molecular weight excluding hydrogens is 661 g/mol. The van der Waals surface area contributed by atoms with Gasteiger partial charge < -0.3 is 15.4 Å². The fraction of sp³-hybridized carbons (Fsp3) is 0.0952. The summed E-state index contributed by atoms with van der Waals surface area (Å²) in [6, 6.07) is 7.88. The first-order chi connectivity index (χ1) is 16.2. The predicted octanol–water partition coefficient (Wildman–Crippen LogP) is 4.37. The van der Waals surface area contributed by atoms with Crippen LogP contribution in [0.25, 0.3) is 5.82 Å². The normalized spacial score (nSPS) is 10.3. The molecule has 3 rings (SSSR count). The summed E-state index contributed by atoms with van der Waals surface area (Å²) >= 11 is 16.1. The number of amides is 2. The third-order valence-electron chi connectivity index (χ3n) is 4.10. The van der Waals surface area contributed by atoms with Gasteiger partial charge in [0, 0.05) is 21.2 Å². The van der Waals surface area contributed by atoms with Gasteiger partial charge in [-0.3, -0.25) is 14.4 Å². The number of hydrogen-bond acceptors (Lipinski definition) is 6. The van der Waals surface area contributed by atoms with Crippen LogP contribution in [0.5, 0.6) is 0 Å². The average Bonchev–Trinajstić information content (AvgIpc) is 3.19. The zero-order valence-corrected chi connectivity index (χ0v) is 22.5. The number of nitrogens with zero attached hydrogens (tertiary/aromatic N) is 3. The van der Waals surface area contributed by atoms with E-state index < -0.39 is 24.3 Å². The van der Waals surface area contributed by atoms with Crippen molar-refractivity contribution in [1.29, 1.82) is 0 Å². The van der Waals surface area contributed by atoms with Crippen LogP contribution < -0.4 is 10.6 Å². The molecule has 0 radical (unpaired) electrons. The van der Waals surface area contributed by atoms with Gasteiger partial charge in [-0.2, -0.15) is 5.10 Å². The number of rotatable bonds is 7. The molecule has 0 atom stereocenters. The molecule has 34 heavy (non-hydrogen) atoms. The molecule has 0 aliphatic carbocycles. The SMILES string of the molecule is C#CCOC(=O)CNC(=O)c1cc(Br)cc(Br)c1NC(=O)c1cc(Br)nn1-c1ncccc1Cl. The highest BCUT2D eigenvalue weighted by Crippen LogP contribution is 2.32. The van der Waals surface area contributed by atoms with Crippen molar-refractivity contribution >= 4 is 82.9 Å². The van der Waals surface area contributed by atoms with Gasteiger partial charge in [-0.25, -0.2) is 9.67 Å². The summed E-state index contributed by atoms with van der Waals surface area (Å²) in [7, 11) is 0. The Labute approximate surface area is 224 Å². The molecule has 3 aromatic rings. The summed E-state index contributed by atoms with van der Waals surface area (Å²) < 4.78 is 7.36. The van der Waals surface area contributed by atoms with Gasteiger partial charge in [0.1, 0.15) is 16.8 Å². The number of nitrogens with one attached hydrogen (secondary N) is 2. The minimum Gasteiger partial charge on any atom is -0.451 e. The van der Waals surface area contributed by atoms with Crippen LogP contribution in [0.2, 0.25) is 5.02 Å². The average molecular weight is 675 g/mol. The maximum absolute atomic E-state index is 13.2. The lowest BCUT2D eigenvalue weighted by Crippen LogP contribution is -2.31. The summed E-state index contributed by atoms with van der Waals surface area (Å²) in [6.07, 6.45) is 6.56. The van der Waals surface area contributed by atoms with Crippen molar-refractivity contribution < 1.29 is 19.1 Å². The second-order valence-electron chi connectivity index (χ2n) is 6.38. The van der Waals surface area contributed by atoms with Crippen LogP contribution in [-0.4, -0.2) is 45.7 Å². The van der Waals surface area contributed by atoms with E-state index in [-0.39, 0.29) is 34.4 Å². The number of anilines is 1. The van der Waals surface area contributed by atoms with Gasteiger partial charge in [0.05, 0.1) is 16.3 Å². The number of benzene rings is 1. The highest BCUT2D eigenvalue weighted by Gasteiger charge is 2.23. The van der Waals surface area contributed by atoms with Gasteiger partial charge in [-0.15, -0.1) is 6.42 Å². The van der Waals surface area contributed by atoms with Gasteiger partial charge in [0.15, 0.2) is 12.4 Å². The Kier molecular flexibility index (Phi) is 8.84. The Bertz CT molecular complexity index is 1320. The van der Waals surface area contributed by atoms with Crippen LogP contribution in [0, 0.1) is 12.3 Å². The number of pyridine rings is 1. The smallest absolute Gasteiger partial charge is 0.326 e. The zero-order valence-electron chi connectivity index (χ0n) is 16.9. The fourth-order valence-corrected chi connectivity index (χ4v) is 4.59. The molecule has 174 valence electrons. The molecule has 0 aliphatic heterocycles. The van der Waals surface area contributed by atoms with Crippen molar-refractivity contribution in [3.63, 3.8) is 0 Å². The van der Waals surface area contributed by atoms with Crippen LogP contribution in [0.3, 0.4) is 0 Å². The van der Waals surface area contributed by atoms with E-state index in [0.29, 0.717) is 13.5 Å². The number of terminal acetylenes is 1. The maximum atomic E-state index is 13.2. The van der Waals surface area contributed by atoms with Crippen molar-refractivity contribution in [3.8, 4) is 18.2 Å². The van der Waals surface area contributed by atoms with Gasteiger partial charge in [-0.05, 0) is 56.1 Å². The number of aromatic nitrogens is 3. The third kappa shape index (κ3) is 6.24. The van der Waals surface area contributed by atoms with E-state index in [0.717, 1.165) is 0 Å². The van der Waals surface area contributed by atoms with Crippen molar-refractivity contribution in [2.45, 2.75) is 0 Å². The molecule has 0 spiro atoms. The van der Waals surface area contributed by atoms with Crippen molar-refractivity contribution in [1.82, 2.24) is 20.1 Å². The molecule has 0 saturated carbocycles. The number of carbonyl (C=O) groups is 3. The van der Waals surface area contributed by atoms with E-state index in [1.54, 1.807) is 18.2 Å². The summed E-state index contributed by atoms with van der Waals surface area (Å²) in [5, 5.41) is 9.66. The Morgan fingerprint density at radius 3 is 2.65 bits per heavy atom. The molecule has 1 aromatic carbocycles. The predicted molar refractivity (Wildman–Crippen MR) is 136 cm³/mol. The first kappa shape index (κ1) is 25.9. The third-order valence-corrected chi connectivity index (χ3v) is 5.87. The number of hydrogen-bond donors (Lipinski definition) is 2. The second kappa shape index (κ2) is 11.6. The number of halogens is 4. The van der Waals surface area contributed by atoms with Gasteiger partial charge >= 0.3 is 5.97 Å². The highest BCUT2D eigenvalue weighted by atomic mass is 79.9. The van der Waals surface area contributed by atoms with Crippen LogP contribution in [0.1, 0.15) is 20.8 Å². The molecule has 2 N–H and O–H groups in total. The molecule has 2 aromatic heterocycles. The summed E-state index contributed by atoms with van der Waals surface area (Å²) in [5.74, 6) is 0.489. The van der Waals surface area contributed by atoms with Crippen LogP contribution in [0.4, 0.5) is 5.69 Å². The molecule has 0 unspecified atom stereocenters. The largest absolute Gasteiger partial charge is 0.451 e. The van der Waals surface area contributed by atoms with E-state index in [1.807, 2.05) is 0 Å². The standard InChI is InChI=1S/C21H13Br3ClN5O4/c1-2-6-34-17(31)10-27-20(32)12-7-11(22)8-13(23)18(12)28-21(33)15-9-16(24)29-30(15)19-14(25)4-3-5-26-19/h1,3-5,7-9H,6,10H2,(H,27,32)(H,28,33). The molecule has 0 fully saturated rings. The zero-order chi connectivity index (χ0) is 24.8. The van der Waals surface area contributed by atoms with E-state index in [1.165, 1.54) is 23.0 Å². The minimum atomic E-state index is -0.702. The Hall–Kier alpha value is -2.72. The number of carbonyl (C=O) groups excluding carboxylic acids is 3. The van der Waals surface area contributed by atoms with E-state index in [9.17, 15) is 14.4 Å². The van der Waals surface area contributed by atoms with E-state index >= 15 is 0 Å². The Balaban J connectivity index is 1.90. The van der Waals surface area contributed by atoms with Crippen molar-refractivity contribution in [2.75, 3.05) is 18.5 Å². The molecule has 0 saturated heterocycles. The van der Waals surface area contributed by atoms with Gasteiger partial charge in [0.2, 0.25) is 0 Å². The Morgan fingerprint density at radius 2 is 1.94 bits per heavy atom. The summed E-state index contributed by atoms with van der Waals surface area (Å²) in [6.45, 7) is -0.613. The molecule has 13 heteroatoms. The first-order valence-corrected chi connectivity index (χ1v) is 12.0. The molecule has 0 bridgehead atoms. The maximum Gasteiger partial charge on any atom is 0.326 e. The topological polar surface area (TPSA) is 115 Å². The lowest BCUT2D eigenvalue weighted by molar-refractivity contribution is -0.140. The van der Waals surface area contributed by atoms with Crippen molar-refractivity contribution in [2.24, 2.45) is 0 Å². The molecule has 0 aliphatic rings. The van der Waals surface area contributed by atoms with E-state index in [4.69, 9.17) is 22.8 Å². The highest BCUT2D eigenvalue weighted by molar-refractivity contribution is 9.11. The molecule has 9 nitrogen and oxygen atoms in total. The molecule has 2 heterocycles. The summed E-state index contributed by atoms with van der Waals surface area (Å²) in [5.41, 5.74) is 0.352. The van der Waals surface area contributed by atoms with E-state index in [2.05, 4.69) is 74.4 Å². The lowest BCUT2D eigenvalue weighted by atomic mass is 10.1. The van der Waals surface area contributed by atoms with Crippen LogP contribution >= 0.6 is 59.4 Å².